The summed E-state index contributed by atoms with van der Waals surface area (Å²) in [6, 6.07) is 16.1. The smallest absolute Gasteiger partial charge is 0.354 e. The van der Waals surface area contributed by atoms with Crippen molar-refractivity contribution in [3.8, 4) is 5.69 Å². The highest BCUT2D eigenvalue weighted by atomic mass is 16.5. The lowest BCUT2D eigenvalue weighted by Crippen LogP contribution is -2.22. The number of aromatic nitrogens is 2. The molecule has 1 N–H and O–H groups in total. The molecule has 0 atom stereocenters. The lowest BCUT2D eigenvalue weighted by Gasteiger charge is -2.08. The van der Waals surface area contributed by atoms with E-state index >= 15 is 0 Å². The average Bonchev–Trinajstić information content (AvgIpc) is 2.96. The van der Waals surface area contributed by atoms with Crippen LogP contribution in [0.3, 0.4) is 0 Å². The molecule has 0 saturated carbocycles. The van der Waals surface area contributed by atoms with E-state index in [1.807, 2.05) is 49.4 Å². The van der Waals surface area contributed by atoms with E-state index < -0.39 is 5.97 Å². The number of esters is 1. The third kappa shape index (κ3) is 4.10. The summed E-state index contributed by atoms with van der Waals surface area (Å²) in [5.74, 6) is -1.12. The van der Waals surface area contributed by atoms with Crippen LogP contribution in [0.5, 0.6) is 0 Å². The fraction of sp³-hybridized carbons (Fsp3) is 0.174. The predicted molar refractivity (Wildman–Crippen MR) is 115 cm³/mol. The van der Waals surface area contributed by atoms with Crippen LogP contribution in [0.1, 0.15) is 21.6 Å². The maximum absolute atomic E-state index is 13.1. The van der Waals surface area contributed by atoms with Crippen molar-refractivity contribution in [3.63, 3.8) is 0 Å². The van der Waals surface area contributed by atoms with Gasteiger partial charge in [-0.15, -0.1) is 0 Å². The van der Waals surface area contributed by atoms with Gasteiger partial charge in [0, 0.05) is 18.7 Å². The Morgan fingerprint density at radius 3 is 2.23 bits per heavy atom. The number of aryl methyl sites for hydroxylation is 1. The van der Waals surface area contributed by atoms with Crippen molar-refractivity contribution < 1.29 is 14.3 Å². The number of allylic oxidation sites excluding steroid dienone is 1. The number of hydrogen-bond acceptors (Lipinski definition) is 5. The van der Waals surface area contributed by atoms with Gasteiger partial charge >= 0.3 is 5.97 Å². The number of carbonyl (C=O) groups excluding carboxylic acids is 2. The normalized spacial score (nSPS) is 11.3. The van der Waals surface area contributed by atoms with Crippen LogP contribution < -0.4 is 10.9 Å². The maximum Gasteiger partial charge on any atom is 0.354 e. The van der Waals surface area contributed by atoms with Gasteiger partial charge in [-0.3, -0.25) is 14.3 Å². The van der Waals surface area contributed by atoms with Crippen LogP contribution >= 0.6 is 0 Å². The van der Waals surface area contributed by atoms with Crippen LogP contribution in [0.2, 0.25) is 0 Å². The first kappa shape index (κ1) is 20.9. The Bertz CT molecular complexity index is 1170. The van der Waals surface area contributed by atoms with Crippen molar-refractivity contribution in [2.45, 2.75) is 13.8 Å². The maximum atomic E-state index is 13.1. The standard InChI is InChI=1S/C23H23N3O4/c1-15-10-12-17(13-11-15)20(27)14-19(23(29)30-4)24-21-16(2)25(3)26(22(21)28)18-8-6-5-7-9-18/h5-14,24H,1-4H3/b19-14-. The quantitative estimate of drug-likeness (QED) is 0.387. The van der Waals surface area contributed by atoms with E-state index in [2.05, 4.69) is 5.32 Å². The van der Waals surface area contributed by atoms with Gasteiger partial charge in [0.2, 0.25) is 0 Å². The zero-order chi connectivity index (χ0) is 21.8. The topological polar surface area (TPSA) is 82.3 Å². The molecule has 0 unspecified atom stereocenters. The van der Waals surface area contributed by atoms with Crippen molar-refractivity contribution in [2.24, 2.45) is 7.05 Å². The molecule has 0 saturated heterocycles. The second-order valence-corrected chi connectivity index (χ2v) is 6.84. The van der Waals surface area contributed by atoms with Crippen molar-refractivity contribution >= 4 is 17.4 Å². The van der Waals surface area contributed by atoms with E-state index in [-0.39, 0.29) is 22.7 Å². The molecule has 0 aliphatic heterocycles. The molecule has 7 heteroatoms. The summed E-state index contributed by atoms with van der Waals surface area (Å²) in [5, 5.41) is 2.82. The van der Waals surface area contributed by atoms with Crippen LogP contribution in [0.15, 0.2) is 71.2 Å². The number of nitrogens with one attached hydrogen (secondary N) is 1. The van der Waals surface area contributed by atoms with E-state index in [0.29, 0.717) is 16.9 Å². The second-order valence-electron chi connectivity index (χ2n) is 6.84. The number of para-hydroxylation sites is 1. The number of ether oxygens (including phenoxy) is 1. The van der Waals surface area contributed by atoms with E-state index in [0.717, 1.165) is 11.6 Å². The molecule has 0 bridgehead atoms. The minimum atomic E-state index is -0.746. The number of carbonyl (C=O) groups is 2. The molecule has 0 radical (unpaired) electrons. The fourth-order valence-corrected chi connectivity index (χ4v) is 3.04. The molecule has 0 aliphatic carbocycles. The first-order valence-corrected chi connectivity index (χ1v) is 9.35. The summed E-state index contributed by atoms with van der Waals surface area (Å²) >= 11 is 0. The number of anilines is 1. The Balaban J connectivity index is 2.02. The minimum Gasteiger partial charge on any atom is -0.464 e. The summed E-state index contributed by atoms with van der Waals surface area (Å²) in [4.78, 5) is 38.0. The zero-order valence-electron chi connectivity index (χ0n) is 17.3. The summed E-state index contributed by atoms with van der Waals surface area (Å²) in [6.45, 7) is 3.67. The number of nitrogens with zero attached hydrogens (tertiary/aromatic N) is 2. The Hall–Kier alpha value is -3.87. The summed E-state index contributed by atoms with van der Waals surface area (Å²) in [6.07, 6.45) is 1.15. The van der Waals surface area contributed by atoms with Gasteiger partial charge in [0.25, 0.3) is 5.56 Å². The van der Waals surface area contributed by atoms with Gasteiger partial charge in [-0.1, -0.05) is 48.0 Å². The molecule has 3 rings (SSSR count). The molecular formula is C23H23N3O4. The highest BCUT2D eigenvalue weighted by Crippen LogP contribution is 2.17. The minimum absolute atomic E-state index is 0.117. The first-order valence-electron chi connectivity index (χ1n) is 9.35. The van der Waals surface area contributed by atoms with E-state index in [9.17, 15) is 14.4 Å². The molecule has 0 amide bonds. The molecule has 2 aromatic carbocycles. The molecule has 1 aromatic heterocycles. The number of methoxy groups -OCH3 is 1. The largest absolute Gasteiger partial charge is 0.464 e. The molecule has 7 nitrogen and oxygen atoms in total. The highest BCUT2D eigenvalue weighted by Gasteiger charge is 2.21. The van der Waals surface area contributed by atoms with Crippen molar-refractivity contribution in [1.29, 1.82) is 0 Å². The van der Waals surface area contributed by atoms with Gasteiger partial charge in [-0.2, -0.15) is 0 Å². The molecule has 3 aromatic rings. The van der Waals surface area contributed by atoms with Crippen LogP contribution in [0.4, 0.5) is 5.69 Å². The Morgan fingerprint density at radius 2 is 1.63 bits per heavy atom. The molecule has 0 fully saturated rings. The van der Waals surface area contributed by atoms with Crippen LogP contribution in [0, 0.1) is 13.8 Å². The lowest BCUT2D eigenvalue weighted by atomic mass is 10.1. The number of ketones is 1. The zero-order valence-corrected chi connectivity index (χ0v) is 17.3. The molecule has 0 spiro atoms. The van der Waals surface area contributed by atoms with Crippen molar-refractivity contribution in [2.75, 3.05) is 12.4 Å². The molecular weight excluding hydrogens is 382 g/mol. The van der Waals surface area contributed by atoms with Gasteiger partial charge in [0.15, 0.2) is 5.78 Å². The SMILES string of the molecule is COC(=O)/C(=C/C(=O)c1ccc(C)cc1)Nc1c(C)n(C)n(-c2ccccc2)c1=O. The lowest BCUT2D eigenvalue weighted by molar-refractivity contribution is -0.135. The van der Waals surface area contributed by atoms with Gasteiger partial charge in [0.1, 0.15) is 11.4 Å². The first-order chi connectivity index (χ1) is 14.3. The van der Waals surface area contributed by atoms with Crippen LogP contribution in [0.25, 0.3) is 5.69 Å². The molecule has 154 valence electrons. The Morgan fingerprint density at radius 1 is 1.00 bits per heavy atom. The summed E-state index contributed by atoms with van der Waals surface area (Å²) in [5.41, 5.74) is 2.45. The fourth-order valence-electron chi connectivity index (χ4n) is 3.04. The molecule has 30 heavy (non-hydrogen) atoms. The molecule has 1 heterocycles. The average molecular weight is 405 g/mol. The van der Waals surface area contributed by atoms with Crippen molar-refractivity contribution in [1.82, 2.24) is 9.36 Å². The third-order valence-electron chi connectivity index (χ3n) is 4.83. The summed E-state index contributed by atoms with van der Waals surface area (Å²) in [7, 11) is 2.96. The third-order valence-corrected chi connectivity index (χ3v) is 4.83. The summed E-state index contributed by atoms with van der Waals surface area (Å²) < 4.78 is 7.96. The van der Waals surface area contributed by atoms with Gasteiger partial charge < -0.3 is 10.1 Å². The molecule has 0 aliphatic rings. The Kier molecular flexibility index (Phi) is 6.01. The van der Waals surface area contributed by atoms with Crippen LogP contribution in [-0.4, -0.2) is 28.2 Å². The van der Waals surface area contributed by atoms with E-state index in [1.54, 1.807) is 30.8 Å². The van der Waals surface area contributed by atoms with Crippen molar-refractivity contribution in [3.05, 3.63) is 93.5 Å². The number of benzene rings is 2. The van der Waals surface area contributed by atoms with Gasteiger partial charge in [-0.05, 0) is 26.0 Å². The van der Waals surface area contributed by atoms with Gasteiger partial charge in [-0.25, -0.2) is 9.48 Å². The second kappa shape index (κ2) is 8.65. The number of hydrogen-bond donors (Lipinski definition) is 1. The monoisotopic (exact) mass is 405 g/mol. The number of rotatable bonds is 6. The van der Waals surface area contributed by atoms with Crippen LogP contribution in [-0.2, 0) is 16.6 Å². The Labute approximate surface area is 174 Å². The van der Waals surface area contributed by atoms with E-state index in [1.165, 1.54) is 11.8 Å². The van der Waals surface area contributed by atoms with E-state index in [4.69, 9.17) is 4.74 Å². The van der Waals surface area contributed by atoms with Gasteiger partial charge in [0.05, 0.1) is 18.5 Å². The predicted octanol–water partition coefficient (Wildman–Crippen LogP) is 3.14. The highest BCUT2D eigenvalue weighted by molar-refractivity contribution is 6.09.